The lowest BCUT2D eigenvalue weighted by atomic mass is 10.0. The Morgan fingerprint density at radius 1 is 1.32 bits per heavy atom. The summed E-state index contributed by atoms with van der Waals surface area (Å²) in [5.41, 5.74) is 0.409. The van der Waals surface area contributed by atoms with Gasteiger partial charge in [-0.3, -0.25) is 19.1 Å². The topological polar surface area (TPSA) is 109 Å². The van der Waals surface area contributed by atoms with Crippen molar-refractivity contribution in [1.82, 2.24) is 25.2 Å². The molecule has 1 aliphatic heterocycles. The van der Waals surface area contributed by atoms with Gasteiger partial charge in [-0.05, 0) is 44.7 Å². The maximum atomic E-state index is 13.0. The van der Waals surface area contributed by atoms with Crippen LogP contribution in [0.3, 0.4) is 0 Å². The zero-order chi connectivity index (χ0) is 19.0. The van der Waals surface area contributed by atoms with Crippen molar-refractivity contribution >= 4 is 29.3 Å². The Morgan fingerprint density at radius 3 is 2.75 bits per heavy atom. The molecule has 1 saturated carbocycles. The Balaban J connectivity index is 0.00000225. The minimum atomic E-state index is -0.552. The van der Waals surface area contributed by atoms with Crippen LogP contribution in [0.25, 0.3) is 11.0 Å². The molecule has 2 aromatic heterocycles. The Hall–Kier alpha value is -2.19. The molecular formula is C19H26ClN5O3. The molecule has 152 valence electrons. The Morgan fingerprint density at radius 2 is 2.11 bits per heavy atom. The van der Waals surface area contributed by atoms with Gasteiger partial charge in [0.15, 0.2) is 5.65 Å². The fourth-order valence-corrected chi connectivity index (χ4v) is 3.73. The van der Waals surface area contributed by atoms with E-state index in [0.717, 1.165) is 50.9 Å². The first-order valence-corrected chi connectivity index (χ1v) is 9.77. The van der Waals surface area contributed by atoms with Crippen molar-refractivity contribution in [1.29, 1.82) is 0 Å². The van der Waals surface area contributed by atoms with E-state index in [0.29, 0.717) is 23.7 Å². The van der Waals surface area contributed by atoms with Gasteiger partial charge in [-0.15, -0.1) is 12.4 Å². The lowest BCUT2D eigenvalue weighted by molar-refractivity contribution is 0.0932. The minimum absolute atomic E-state index is 0. The molecule has 1 amide bonds. The summed E-state index contributed by atoms with van der Waals surface area (Å²) >= 11 is 0. The van der Waals surface area contributed by atoms with Gasteiger partial charge < -0.3 is 10.6 Å². The summed E-state index contributed by atoms with van der Waals surface area (Å²) < 4.78 is 1.47. The molecule has 1 atom stereocenters. The molecule has 0 bridgehead atoms. The van der Waals surface area contributed by atoms with Crippen molar-refractivity contribution in [3.63, 3.8) is 0 Å². The fraction of sp³-hybridized carbons (Fsp3) is 0.579. The van der Waals surface area contributed by atoms with Gasteiger partial charge >= 0.3 is 5.69 Å². The quantitative estimate of drug-likeness (QED) is 0.691. The SMILES string of the molecule is CCCn1c(=O)[nH]c(=O)c2c(C(=O)NC3CCCNC3)cc(C3CC3)nc21.Cl. The third-order valence-corrected chi connectivity index (χ3v) is 5.29. The number of carbonyl (C=O) groups excluding carboxylic acids is 1. The van der Waals surface area contributed by atoms with E-state index in [1.54, 1.807) is 6.07 Å². The van der Waals surface area contributed by atoms with Crippen LogP contribution in [0.1, 0.15) is 61.0 Å². The van der Waals surface area contributed by atoms with Crippen LogP contribution in [0.15, 0.2) is 15.7 Å². The van der Waals surface area contributed by atoms with Gasteiger partial charge in [-0.1, -0.05) is 6.92 Å². The lowest BCUT2D eigenvalue weighted by Crippen LogP contribution is -2.46. The van der Waals surface area contributed by atoms with Crippen LogP contribution in [0, 0.1) is 0 Å². The summed E-state index contributed by atoms with van der Waals surface area (Å²) in [6.07, 6.45) is 4.69. The molecule has 0 radical (unpaired) electrons. The van der Waals surface area contributed by atoms with E-state index in [9.17, 15) is 14.4 Å². The van der Waals surface area contributed by atoms with Gasteiger partial charge in [0.2, 0.25) is 0 Å². The number of pyridine rings is 1. The number of piperidine rings is 1. The molecule has 0 aromatic carbocycles. The highest BCUT2D eigenvalue weighted by molar-refractivity contribution is 6.05. The summed E-state index contributed by atoms with van der Waals surface area (Å²) in [6, 6.07) is 1.78. The van der Waals surface area contributed by atoms with E-state index in [1.165, 1.54) is 4.57 Å². The average molecular weight is 408 g/mol. The molecule has 2 fully saturated rings. The van der Waals surface area contributed by atoms with Crippen molar-refractivity contribution in [3.8, 4) is 0 Å². The Kier molecular flexibility index (Phi) is 6.20. The van der Waals surface area contributed by atoms with Crippen molar-refractivity contribution in [3.05, 3.63) is 38.2 Å². The fourth-order valence-electron chi connectivity index (χ4n) is 3.73. The highest BCUT2D eigenvalue weighted by Crippen LogP contribution is 2.39. The summed E-state index contributed by atoms with van der Waals surface area (Å²) in [6.45, 7) is 4.08. The number of amides is 1. The summed E-state index contributed by atoms with van der Waals surface area (Å²) in [5, 5.41) is 6.51. The first kappa shape index (κ1) is 20.5. The molecule has 1 saturated heterocycles. The van der Waals surface area contributed by atoms with E-state index in [2.05, 4.69) is 20.6 Å². The molecule has 2 aromatic rings. The molecule has 0 spiro atoms. The van der Waals surface area contributed by atoms with Crippen LogP contribution >= 0.6 is 12.4 Å². The molecule has 28 heavy (non-hydrogen) atoms. The van der Waals surface area contributed by atoms with Crippen molar-refractivity contribution in [2.75, 3.05) is 13.1 Å². The number of aromatic nitrogens is 3. The first-order chi connectivity index (χ1) is 13.1. The lowest BCUT2D eigenvalue weighted by Gasteiger charge is -2.24. The Labute approximate surface area is 168 Å². The number of halogens is 1. The van der Waals surface area contributed by atoms with E-state index < -0.39 is 11.2 Å². The number of hydrogen-bond acceptors (Lipinski definition) is 5. The first-order valence-electron chi connectivity index (χ1n) is 9.77. The number of aromatic amines is 1. The van der Waals surface area contributed by atoms with Crippen LogP contribution in [-0.2, 0) is 6.54 Å². The van der Waals surface area contributed by atoms with Crippen LogP contribution in [0.2, 0.25) is 0 Å². The predicted molar refractivity (Wildman–Crippen MR) is 109 cm³/mol. The van der Waals surface area contributed by atoms with Crippen LogP contribution in [0.4, 0.5) is 0 Å². The van der Waals surface area contributed by atoms with Crippen molar-refractivity contribution < 1.29 is 4.79 Å². The third kappa shape index (κ3) is 3.98. The number of nitrogens with zero attached hydrogens (tertiary/aromatic N) is 2. The Bertz CT molecular complexity index is 989. The zero-order valence-electron chi connectivity index (χ0n) is 15.9. The smallest absolute Gasteiger partial charge is 0.329 e. The monoisotopic (exact) mass is 407 g/mol. The summed E-state index contributed by atoms with van der Waals surface area (Å²) in [4.78, 5) is 44.9. The average Bonchev–Trinajstić information content (AvgIpc) is 3.50. The summed E-state index contributed by atoms with van der Waals surface area (Å²) in [7, 11) is 0. The van der Waals surface area contributed by atoms with Crippen LogP contribution in [-0.4, -0.2) is 39.6 Å². The van der Waals surface area contributed by atoms with E-state index in [-0.39, 0.29) is 29.7 Å². The van der Waals surface area contributed by atoms with Crippen molar-refractivity contribution in [2.24, 2.45) is 0 Å². The largest absolute Gasteiger partial charge is 0.348 e. The number of fused-ring (bicyclic) bond motifs is 1. The molecule has 3 N–H and O–H groups in total. The second-order valence-corrected chi connectivity index (χ2v) is 7.50. The van der Waals surface area contributed by atoms with Gasteiger partial charge in [-0.2, -0.15) is 0 Å². The number of rotatable bonds is 5. The van der Waals surface area contributed by atoms with E-state index >= 15 is 0 Å². The molecule has 9 heteroatoms. The van der Waals surface area contributed by atoms with E-state index in [4.69, 9.17) is 0 Å². The van der Waals surface area contributed by atoms with Gasteiger partial charge in [-0.25, -0.2) is 9.78 Å². The molecular weight excluding hydrogens is 382 g/mol. The number of carbonyl (C=O) groups is 1. The number of nitrogens with one attached hydrogen (secondary N) is 3. The highest BCUT2D eigenvalue weighted by Gasteiger charge is 2.29. The van der Waals surface area contributed by atoms with Gasteiger partial charge in [0.1, 0.15) is 0 Å². The standard InChI is InChI=1S/C19H25N5O3.ClH/c1-2-8-24-16-15(18(26)23-19(24)27)13(9-14(22-16)11-5-6-11)17(25)21-12-4-3-7-20-10-12;/h9,11-12,20H,2-8,10H2,1H3,(H,21,25)(H,23,26,27);1H. The predicted octanol–water partition coefficient (Wildman–Crippen LogP) is 1.28. The third-order valence-electron chi connectivity index (χ3n) is 5.29. The van der Waals surface area contributed by atoms with Crippen LogP contribution in [0.5, 0.6) is 0 Å². The molecule has 1 aliphatic carbocycles. The highest BCUT2D eigenvalue weighted by atomic mass is 35.5. The number of H-pyrrole nitrogens is 1. The molecule has 2 aliphatic rings. The normalized spacial score (nSPS) is 19.2. The molecule has 4 rings (SSSR count). The number of hydrogen-bond donors (Lipinski definition) is 3. The molecule has 3 heterocycles. The molecule has 8 nitrogen and oxygen atoms in total. The van der Waals surface area contributed by atoms with E-state index in [1.807, 2.05) is 6.92 Å². The maximum absolute atomic E-state index is 13.0. The van der Waals surface area contributed by atoms with Gasteiger partial charge in [0, 0.05) is 30.7 Å². The second-order valence-electron chi connectivity index (χ2n) is 7.50. The second kappa shape index (κ2) is 8.45. The van der Waals surface area contributed by atoms with Crippen molar-refractivity contribution in [2.45, 2.75) is 57.5 Å². The summed E-state index contributed by atoms with van der Waals surface area (Å²) in [5.74, 6) is 0.0342. The van der Waals surface area contributed by atoms with Gasteiger partial charge in [0.05, 0.1) is 10.9 Å². The maximum Gasteiger partial charge on any atom is 0.329 e. The number of aryl methyl sites for hydroxylation is 1. The van der Waals surface area contributed by atoms with Gasteiger partial charge in [0.25, 0.3) is 11.5 Å². The minimum Gasteiger partial charge on any atom is -0.348 e. The molecule has 1 unspecified atom stereocenters. The van der Waals surface area contributed by atoms with Crippen LogP contribution < -0.4 is 21.9 Å². The zero-order valence-corrected chi connectivity index (χ0v) is 16.7.